The average molecular weight is 411 g/mol. The summed E-state index contributed by atoms with van der Waals surface area (Å²) >= 11 is 0. The lowest BCUT2D eigenvalue weighted by molar-refractivity contribution is -0.146. The van der Waals surface area contributed by atoms with Gasteiger partial charge in [-0.3, -0.25) is 9.69 Å². The zero-order valence-electron chi connectivity index (χ0n) is 16.1. The quantitative estimate of drug-likeness (QED) is 0.765. The van der Waals surface area contributed by atoms with Crippen LogP contribution in [0.4, 0.5) is 19.0 Å². The number of hydrogen-bond acceptors (Lipinski definition) is 6. The van der Waals surface area contributed by atoms with Crippen LogP contribution in [-0.2, 0) is 11.0 Å². The fourth-order valence-corrected chi connectivity index (χ4v) is 3.87. The summed E-state index contributed by atoms with van der Waals surface area (Å²) in [6.07, 6.45) is -0.116. The van der Waals surface area contributed by atoms with Gasteiger partial charge in [0.15, 0.2) is 5.65 Å². The molecular formula is C18H24F3N7O. The average Bonchev–Trinajstić information content (AvgIpc) is 2.94. The van der Waals surface area contributed by atoms with Crippen LogP contribution in [0, 0.1) is 0 Å². The lowest BCUT2D eigenvalue weighted by Crippen LogP contribution is -2.50. The molecule has 0 saturated carbocycles. The molecule has 158 valence electrons. The Labute approximate surface area is 166 Å². The molecule has 1 amide bonds. The monoisotopic (exact) mass is 411 g/mol. The summed E-state index contributed by atoms with van der Waals surface area (Å²) in [7, 11) is 0. The third-order valence-electron chi connectivity index (χ3n) is 5.52. The number of halogens is 3. The van der Waals surface area contributed by atoms with Gasteiger partial charge in [0.2, 0.25) is 5.91 Å². The van der Waals surface area contributed by atoms with E-state index in [9.17, 15) is 18.0 Å². The smallest absolute Gasteiger partial charge is 0.353 e. The van der Waals surface area contributed by atoms with Gasteiger partial charge in [-0.15, -0.1) is 15.3 Å². The van der Waals surface area contributed by atoms with Crippen LogP contribution in [0.2, 0.25) is 0 Å². The Morgan fingerprint density at radius 1 is 0.931 bits per heavy atom. The maximum absolute atomic E-state index is 13.1. The first kappa shape index (κ1) is 19.9. The molecule has 2 aliphatic rings. The molecule has 2 saturated heterocycles. The Morgan fingerprint density at radius 2 is 1.62 bits per heavy atom. The summed E-state index contributed by atoms with van der Waals surface area (Å²) in [4.78, 5) is 18.5. The van der Waals surface area contributed by atoms with Gasteiger partial charge in [0, 0.05) is 39.3 Å². The minimum absolute atomic E-state index is 0.0581. The fourth-order valence-electron chi connectivity index (χ4n) is 3.87. The minimum Gasteiger partial charge on any atom is -0.353 e. The summed E-state index contributed by atoms with van der Waals surface area (Å²) < 4.78 is 39.9. The minimum atomic E-state index is -4.61. The highest BCUT2D eigenvalue weighted by atomic mass is 19.4. The highest BCUT2D eigenvalue weighted by molar-refractivity contribution is 5.78. The summed E-state index contributed by atoms with van der Waals surface area (Å²) in [5.41, 5.74) is 0.0581. The number of carbonyl (C=O) groups is 1. The zero-order chi connectivity index (χ0) is 20.4. The van der Waals surface area contributed by atoms with E-state index in [0.717, 1.165) is 30.4 Å². The van der Waals surface area contributed by atoms with Crippen LogP contribution < -0.4 is 4.90 Å². The number of rotatable bonds is 3. The number of carbonyl (C=O) groups excluding carboxylic acids is 1. The van der Waals surface area contributed by atoms with Crippen molar-refractivity contribution in [3.63, 3.8) is 0 Å². The normalized spacial score (nSPS) is 19.6. The van der Waals surface area contributed by atoms with E-state index >= 15 is 0 Å². The number of alkyl halides is 3. The van der Waals surface area contributed by atoms with Crippen molar-refractivity contribution < 1.29 is 18.0 Å². The van der Waals surface area contributed by atoms with Crippen molar-refractivity contribution in [1.82, 2.24) is 29.6 Å². The molecule has 0 spiro atoms. The van der Waals surface area contributed by atoms with Crippen LogP contribution >= 0.6 is 0 Å². The van der Waals surface area contributed by atoms with E-state index < -0.39 is 12.0 Å². The first-order valence-corrected chi connectivity index (χ1v) is 9.96. The molecule has 0 bridgehead atoms. The topological polar surface area (TPSA) is 69.9 Å². The third kappa shape index (κ3) is 4.44. The molecule has 0 aromatic carbocycles. The molecule has 4 rings (SSSR count). The molecule has 0 atom stereocenters. The van der Waals surface area contributed by atoms with Gasteiger partial charge in [-0.25, -0.2) is 0 Å². The second kappa shape index (κ2) is 8.13. The van der Waals surface area contributed by atoms with Crippen molar-refractivity contribution in [2.24, 2.45) is 0 Å². The molecule has 0 aliphatic carbocycles. The van der Waals surface area contributed by atoms with E-state index in [0.29, 0.717) is 38.5 Å². The molecule has 2 aliphatic heterocycles. The summed E-state index contributed by atoms with van der Waals surface area (Å²) in [6, 6.07) is 3.14. The Balaban J connectivity index is 1.37. The molecule has 8 nitrogen and oxygen atoms in total. The summed E-state index contributed by atoms with van der Waals surface area (Å²) in [6.45, 7) is 4.57. The van der Waals surface area contributed by atoms with Gasteiger partial charge in [-0.05, 0) is 25.0 Å². The van der Waals surface area contributed by atoms with Crippen molar-refractivity contribution in [2.75, 3.05) is 50.7 Å². The number of piperazine rings is 1. The summed E-state index contributed by atoms with van der Waals surface area (Å²) in [5, 5.41) is 10.8. The first-order valence-electron chi connectivity index (χ1n) is 9.96. The van der Waals surface area contributed by atoms with Gasteiger partial charge >= 0.3 is 6.18 Å². The SMILES string of the molecule is O=C(CN1CCN(c2ccc3nnc(C(F)(F)F)n3n2)CC1)N1CCCCCC1. The third-order valence-corrected chi connectivity index (χ3v) is 5.52. The van der Waals surface area contributed by atoms with Gasteiger partial charge < -0.3 is 9.80 Å². The molecule has 0 radical (unpaired) electrons. The maximum Gasteiger partial charge on any atom is 0.453 e. The molecule has 0 unspecified atom stereocenters. The van der Waals surface area contributed by atoms with Gasteiger partial charge in [-0.1, -0.05) is 12.8 Å². The van der Waals surface area contributed by atoms with Crippen LogP contribution in [-0.4, -0.2) is 81.3 Å². The highest BCUT2D eigenvalue weighted by Crippen LogP contribution is 2.28. The molecule has 29 heavy (non-hydrogen) atoms. The number of amides is 1. The maximum atomic E-state index is 13.1. The number of anilines is 1. The van der Waals surface area contributed by atoms with Crippen molar-refractivity contribution in [1.29, 1.82) is 0 Å². The van der Waals surface area contributed by atoms with Gasteiger partial charge in [0.05, 0.1) is 6.54 Å². The molecule has 11 heteroatoms. The van der Waals surface area contributed by atoms with Gasteiger partial charge in [0.25, 0.3) is 5.82 Å². The molecule has 4 heterocycles. The second-order valence-corrected chi connectivity index (χ2v) is 7.54. The van der Waals surface area contributed by atoms with E-state index in [-0.39, 0.29) is 11.6 Å². The van der Waals surface area contributed by atoms with Crippen molar-refractivity contribution in [3.8, 4) is 0 Å². The van der Waals surface area contributed by atoms with E-state index in [2.05, 4.69) is 20.2 Å². The molecule has 0 N–H and O–H groups in total. The van der Waals surface area contributed by atoms with Crippen molar-refractivity contribution in [2.45, 2.75) is 31.9 Å². The molecule has 2 aromatic rings. The predicted molar refractivity (Wildman–Crippen MR) is 99.5 cm³/mol. The Hall–Kier alpha value is -2.43. The Morgan fingerprint density at radius 3 is 2.28 bits per heavy atom. The van der Waals surface area contributed by atoms with Crippen molar-refractivity contribution in [3.05, 3.63) is 18.0 Å². The van der Waals surface area contributed by atoms with E-state index in [1.54, 1.807) is 6.07 Å². The fraction of sp³-hybridized carbons (Fsp3) is 0.667. The van der Waals surface area contributed by atoms with Crippen LogP contribution in [0.25, 0.3) is 5.65 Å². The second-order valence-electron chi connectivity index (χ2n) is 7.54. The van der Waals surface area contributed by atoms with E-state index in [4.69, 9.17) is 0 Å². The lowest BCUT2D eigenvalue weighted by atomic mass is 10.2. The van der Waals surface area contributed by atoms with Crippen LogP contribution in [0.3, 0.4) is 0 Å². The van der Waals surface area contributed by atoms with E-state index in [1.165, 1.54) is 18.9 Å². The van der Waals surface area contributed by atoms with Crippen LogP contribution in [0.15, 0.2) is 12.1 Å². The molecule has 2 fully saturated rings. The highest BCUT2D eigenvalue weighted by Gasteiger charge is 2.38. The molecule has 2 aromatic heterocycles. The number of likely N-dealkylation sites (tertiary alicyclic amines) is 1. The Bertz CT molecular complexity index is 853. The standard InChI is InChI=1S/C18H24F3N7O/c19-18(20,21)17-23-22-14-5-6-15(24-28(14)17)26-11-9-25(10-12-26)13-16(29)27-7-3-1-2-4-8-27/h5-6H,1-4,7-13H2. The molecular weight excluding hydrogens is 387 g/mol. The van der Waals surface area contributed by atoms with Crippen molar-refractivity contribution >= 4 is 17.4 Å². The number of nitrogens with zero attached hydrogens (tertiary/aromatic N) is 7. The Kier molecular flexibility index (Phi) is 5.57. The zero-order valence-corrected chi connectivity index (χ0v) is 16.1. The summed E-state index contributed by atoms with van der Waals surface area (Å²) in [5.74, 6) is -0.517. The lowest BCUT2D eigenvalue weighted by Gasteiger charge is -2.35. The predicted octanol–water partition coefficient (Wildman–Crippen LogP) is 1.67. The number of hydrogen-bond donors (Lipinski definition) is 0. The van der Waals surface area contributed by atoms with E-state index in [1.807, 2.05) is 9.80 Å². The van der Waals surface area contributed by atoms with Crippen LogP contribution in [0.1, 0.15) is 31.5 Å². The largest absolute Gasteiger partial charge is 0.453 e. The first-order chi connectivity index (χ1) is 13.9. The number of fused-ring (bicyclic) bond motifs is 1. The van der Waals surface area contributed by atoms with Gasteiger partial charge in [-0.2, -0.15) is 17.7 Å². The van der Waals surface area contributed by atoms with Gasteiger partial charge in [0.1, 0.15) is 5.82 Å². The number of aromatic nitrogens is 4. The van der Waals surface area contributed by atoms with Crippen LogP contribution in [0.5, 0.6) is 0 Å².